The fourth-order valence-corrected chi connectivity index (χ4v) is 2.67. The number of halogens is 1. The number of benzene rings is 1. The number of rotatable bonds is 5. The van der Waals surface area contributed by atoms with Gasteiger partial charge in [0.05, 0.1) is 12.1 Å². The zero-order valence-corrected chi connectivity index (χ0v) is 11.9. The van der Waals surface area contributed by atoms with E-state index in [1.807, 2.05) is 19.1 Å². The van der Waals surface area contributed by atoms with Crippen LogP contribution in [0.5, 0.6) is 0 Å². The van der Waals surface area contributed by atoms with Crippen molar-refractivity contribution in [2.24, 2.45) is 0 Å². The lowest BCUT2D eigenvalue weighted by Gasteiger charge is -2.32. The molecule has 2 rings (SSSR count). The molecule has 0 saturated carbocycles. The van der Waals surface area contributed by atoms with Crippen LogP contribution >= 0.6 is 0 Å². The van der Waals surface area contributed by atoms with Crippen molar-refractivity contribution in [1.29, 1.82) is 0 Å². The summed E-state index contributed by atoms with van der Waals surface area (Å²) in [6.07, 6.45) is 4.43. The minimum absolute atomic E-state index is 0.0276. The van der Waals surface area contributed by atoms with Crippen LogP contribution in [-0.2, 0) is 4.74 Å². The molecule has 2 nitrogen and oxygen atoms in total. The van der Waals surface area contributed by atoms with Crippen LogP contribution < -0.4 is 5.32 Å². The van der Waals surface area contributed by atoms with Gasteiger partial charge in [-0.05, 0) is 45.2 Å². The first-order chi connectivity index (χ1) is 9.22. The summed E-state index contributed by atoms with van der Waals surface area (Å²) >= 11 is 0. The van der Waals surface area contributed by atoms with Crippen molar-refractivity contribution in [2.45, 2.75) is 51.7 Å². The third kappa shape index (κ3) is 3.77. The lowest BCUT2D eigenvalue weighted by atomic mass is 9.94. The summed E-state index contributed by atoms with van der Waals surface area (Å²) < 4.78 is 20.0. The van der Waals surface area contributed by atoms with Gasteiger partial charge in [0.15, 0.2) is 0 Å². The molecular formula is C16H24FNO. The van der Waals surface area contributed by atoms with Crippen LogP contribution in [-0.4, -0.2) is 19.3 Å². The number of aryl methyl sites for hydroxylation is 1. The lowest BCUT2D eigenvalue weighted by molar-refractivity contribution is -0.00886. The van der Waals surface area contributed by atoms with Gasteiger partial charge in [-0.15, -0.1) is 0 Å². The van der Waals surface area contributed by atoms with E-state index in [-0.39, 0.29) is 18.0 Å². The molecule has 1 aliphatic rings. The zero-order valence-electron chi connectivity index (χ0n) is 11.9. The summed E-state index contributed by atoms with van der Waals surface area (Å²) in [6, 6.07) is 5.30. The monoisotopic (exact) mass is 265 g/mol. The van der Waals surface area contributed by atoms with Gasteiger partial charge in [-0.3, -0.25) is 0 Å². The molecule has 1 heterocycles. The molecule has 0 bridgehead atoms. The summed E-state index contributed by atoms with van der Waals surface area (Å²) in [5.41, 5.74) is 1.84. The molecule has 19 heavy (non-hydrogen) atoms. The fourth-order valence-electron chi connectivity index (χ4n) is 2.67. The molecule has 0 amide bonds. The van der Waals surface area contributed by atoms with E-state index in [1.54, 1.807) is 6.07 Å². The van der Waals surface area contributed by atoms with Crippen LogP contribution in [0.2, 0.25) is 0 Å². The molecule has 1 aliphatic heterocycles. The lowest BCUT2D eigenvalue weighted by Crippen LogP contribution is -2.37. The van der Waals surface area contributed by atoms with E-state index in [2.05, 4.69) is 12.2 Å². The molecule has 2 unspecified atom stereocenters. The zero-order chi connectivity index (χ0) is 13.7. The second-order valence-corrected chi connectivity index (χ2v) is 5.36. The van der Waals surface area contributed by atoms with Gasteiger partial charge in [-0.1, -0.05) is 24.6 Å². The minimum Gasteiger partial charge on any atom is -0.376 e. The van der Waals surface area contributed by atoms with Gasteiger partial charge >= 0.3 is 0 Å². The van der Waals surface area contributed by atoms with Gasteiger partial charge < -0.3 is 10.1 Å². The van der Waals surface area contributed by atoms with Crippen LogP contribution in [0.25, 0.3) is 0 Å². The van der Waals surface area contributed by atoms with E-state index in [0.29, 0.717) is 0 Å². The van der Waals surface area contributed by atoms with Crippen LogP contribution in [0.1, 0.15) is 49.8 Å². The van der Waals surface area contributed by atoms with Gasteiger partial charge in [0, 0.05) is 12.2 Å². The molecular weight excluding hydrogens is 241 g/mol. The van der Waals surface area contributed by atoms with Gasteiger partial charge in [-0.2, -0.15) is 0 Å². The predicted octanol–water partition coefficient (Wildman–Crippen LogP) is 3.74. The third-order valence-electron chi connectivity index (χ3n) is 3.69. The first-order valence-electron chi connectivity index (χ1n) is 7.33. The fraction of sp³-hybridized carbons (Fsp3) is 0.625. The highest BCUT2D eigenvalue weighted by Crippen LogP contribution is 2.28. The van der Waals surface area contributed by atoms with Crippen molar-refractivity contribution in [3.8, 4) is 0 Å². The van der Waals surface area contributed by atoms with Gasteiger partial charge in [0.25, 0.3) is 0 Å². The molecule has 106 valence electrons. The highest BCUT2D eigenvalue weighted by Gasteiger charge is 2.27. The van der Waals surface area contributed by atoms with E-state index < -0.39 is 0 Å². The number of hydrogen-bond acceptors (Lipinski definition) is 2. The maximum absolute atomic E-state index is 14.1. The Balaban J connectivity index is 2.22. The first kappa shape index (κ1) is 14.5. The molecule has 1 fully saturated rings. The summed E-state index contributed by atoms with van der Waals surface area (Å²) in [5, 5.41) is 3.46. The van der Waals surface area contributed by atoms with E-state index in [0.717, 1.165) is 43.5 Å². The van der Waals surface area contributed by atoms with Gasteiger partial charge in [-0.25, -0.2) is 4.39 Å². The molecule has 0 aromatic heterocycles. The third-order valence-corrected chi connectivity index (χ3v) is 3.69. The van der Waals surface area contributed by atoms with Crippen molar-refractivity contribution >= 4 is 0 Å². The van der Waals surface area contributed by atoms with Gasteiger partial charge in [0.2, 0.25) is 0 Å². The maximum Gasteiger partial charge on any atom is 0.128 e. The molecule has 1 aromatic rings. The van der Waals surface area contributed by atoms with E-state index in [9.17, 15) is 4.39 Å². The Morgan fingerprint density at radius 2 is 2.26 bits per heavy atom. The molecule has 2 atom stereocenters. The second kappa shape index (κ2) is 7.01. The summed E-state index contributed by atoms with van der Waals surface area (Å²) in [7, 11) is 0. The van der Waals surface area contributed by atoms with Crippen LogP contribution in [0, 0.1) is 12.7 Å². The molecule has 1 saturated heterocycles. The quantitative estimate of drug-likeness (QED) is 0.875. The Bertz CT molecular complexity index is 402. The Morgan fingerprint density at radius 3 is 2.95 bits per heavy atom. The number of ether oxygens (including phenoxy) is 1. The SMILES string of the molecule is CCCNC(c1cc(C)ccc1F)C1CCCCO1. The highest BCUT2D eigenvalue weighted by molar-refractivity contribution is 5.27. The van der Waals surface area contributed by atoms with Crippen LogP contribution in [0.15, 0.2) is 18.2 Å². The predicted molar refractivity (Wildman–Crippen MR) is 75.8 cm³/mol. The smallest absolute Gasteiger partial charge is 0.128 e. The molecule has 1 aromatic carbocycles. The first-order valence-corrected chi connectivity index (χ1v) is 7.33. The molecule has 0 spiro atoms. The number of nitrogens with one attached hydrogen (secondary N) is 1. The topological polar surface area (TPSA) is 21.3 Å². The van der Waals surface area contributed by atoms with Crippen LogP contribution in [0.3, 0.4) is 0 Å². The normalized spacial score (nSPS) is 21.3. The van der Waals surface area contributed by atoms with Crippen molar-refractivity contribution in [3.63, 3.8) is 0 Å². The minimum atomic E-state index is -0.131. The summed E-state index contributed by atoms with van der Waals surface area (Å²) in [4.78, 5) is 0. The summed E-state index contributed by atoms with van der Waals surface area (Å²) in [5.74, 6) is -0.131. The van der Waals surface area contributed by atoms with E-state index in [1.165, 1.54) is 6.42 Å². The van der Waals surface area contributed by atoms with Crippen molar-refractivity contribution in [1.82, 2.24) is 5.32 Å². The summed E-state index contributed by atoms with van der Waals surface area (Å²) in [6.45, 7) is 5.81. The van der Waals surface area contributed by atoms with E-state index >= 15 is 0 Å². The highest BCUT2D eigenvalue weighted by atomic mass is 19.1. The van der Waals surface area contributed by atoms with Gasteiger partial charge in [0.1, 0.15) is 5.82 Å². The maximum atomic E-state index is 14.1. The number of hydrogen-bond donors (Lipinski definition) is 1. The van der Waals surface area contributed by atoms with Crippen molar-refractivity contribution in [2.75, 3.05) is 13.2 Å². The van der Waals surface area contributed by atoms with Crippen LogP contribution in [0.4, 0.5) is 4.39 Å². The average molecular weight is 265 g/mol. The molecule has 3 heteroatoms. The molecule has 1 N–H and O–H groups in total. The van der Waals surface area contributed by atoms with Crippen molar-refractivity contribution in [3.05, 3.63) is 35.1 Å². The Kier molecular flexibility index (Phi) is 5.34. The Labute approximate surface area is 115 Å². The van der Waals surface area contributed by atoms with Crippen molar-refractivity contribution < 1.29 is 9.13 Å². The molecule has 0 aliphatic carbocycles. The molecule has 0 radical (unpaired) electrons. The Hall–Kier alpha value is -0.930. The average Bonchev–Trinajstić information content (AvgIpc) is 2.44. The second-order valence-electron chi connectivity index (χ2n) is 5.36. The van der Waals surface area contributed by atoms with E-state index in [4.69, 9.17) is 4.74 Å². The largest absolute Gasteiger partial charge is 0.376 e. The Morgan fingerprint density at radius 1 is 1.42 bits per heavy atom. The standard InChI is InChI=1S/C16H24FNO/c1-3-9-18-16(15-6-4-5-10-19-15)13-11-12(2)7-8-14(13)17/h7-8,11,15-16,18H,3-6,9-10H2,1-2H3.